The van der Waals surface area contributed by atoms with Gasteiger partial charge in [0.1, 0.15) is 5.82 Å². The molecule has 0 bridgehead atoms. The first kappa shape index (κ1) is 16.0. The second-order valence-electron chi connectivity index (χ2n) is 5.14. The Kier molecular flexibility index (Phi) is 5.74. The van der Waals surface area contributed by atoms with Crippen molar-refractivity contribution in [3.05, 3.63) is 70.0 Å². The van der Waals surface area contributed by atoms with Gasteiger partial charge in [0.2, 0.25) is 0 Å². The van der Waals surface area contributed by atoms with Crippen LogP contribution in [0.25, 0.3) is 0 Å². The van der Waals surface area contributed by atoms with Crippen molar-refractivity contribution < 1.29 is 4.39 Å². The van der Waals surface area contributed by atoms with Gasteiger partial charge in [-0.25, -0.2) is 4.39 Å². The van der Waals surface area contributed by atoms with Crippen molar-refractivity contribution in [2.24, 2.45) is 5.84 Å². The Hall–Kier alpha value is -1.42. The molecule has 21 heavy (non-hydrogen) atoms. The van der Waals surface area contributed by atoms with Crippen molar-refractivity contribution in [1.82, 2.24) is 5.43 Å². The first-order valence-electron chi connectivity index (χ1n) is 7.10. The highest BCUT2D eigenvalue weighted by molar-refractivity contribution is 6.31. The predicted molar refractivity (Wildman–Crippen MR) is 85.7 cm³/mol. The second kappa shape index (κ2) is 7.55. The lowest BCUT2D eigenvalue weighted by molar-refractivity contribution is 0.506. The number of rotatable bonds is 6. The van der Waals surface area contributed by atoms with Crippen molar-refractivity contribution in [3.63, 3.8) is 0 Å². The number of nitrogens with one attached hydrogen (secondary N) is 1. The van der Waals surface area contributed by atoms with Crippen molar-refractivity contribution in [1.29, 1.82) is 0 Å². The summed E-state index contributed by atoms with van der Waals surface area (Å²) in [7, 11) is 0. The molecule has 2 aromatic rings. The molecule has 0 radical (unpaired) electrons. The molecule has 2 rings (SSSR count). The van der Waals surface area contributed by atoms with Crippen molar-refractivity contribution in [3.8, 4) is 0 Å². The lowest BCUT2D eigenvalue weighted by Crippen LogP contribution is -2.38. The van der Waals surface area contributed by atoms with Gasteiger partial charge in [0.25, 0.3) is 0 Å². The van der Waals surface area contributed by atoms with Gasteiger partial charge < -0.3 is 0 Å². The summed E-state index contributed by atoms with van der Waals surface area (Å²) < 4.78 is 13.8. The Bertz CT molecular complexity index is 564. The van der Waals surface area contributed by atoms with Gasteiger partial charge >= 0.3 is 0 Å². The van der Waals surface area contributed by atoms with Crippen LogP contribution in [0.4, 0.5) is 4.39 Å². The van der Waals surface area contributed by atoms with E-state index in [1.807, 2.05) is 0 Å². The van der Waals surface area contributed by atoms with Gasteiger partial charge in [0.15, 0.2) is 0 Å². The molecular formula is C17H20ClFN2. The van der Waals surface area contributed by atoms with Gasteiger partial charge in [-0.05, 0) is 42.5 Å². The Balaban J connectivity index is 2.09. The van der Waals surface area contributed by atoms with Crippen LogP contribution in [-0.2, 0) is 19.3 Å². The average molecular weight is 307 g/mol. The van der Waals surface area contributed by atoms with Crippen LogP contribution in [0.15, 0.2) is 42.5 Å². The number of hydrogen-bond donors (Lipinski definition) is 2. The van der Waals surface area contributed by atoms with Gasteiger partial charge in [-0.15, -0.1) is 0 Å². The maximum atomic E-state index is 13.8. The molecule has 0 heterocycles. The number of nitrogens with two attached hydrogens (primary N) is 1. The van der Waals surface area contributed by atoms with E-state index < -0.39 is 0 Å². The average Bonchev–Trinajstić information content (AvgIpc) is 2.50. The lowest BCUT2D eigenvalue weighted by atomic mass is 9.98. The van der Waals surface area contributed by atoms with E-state index in [1.54, 1.807) is 12.1 Å². The molecule has 3 N–H and O–H groups in total. The third-order valence-corrected chi connectivity index (χ3v) is 4.02. The number of hydrazine groups is 1. The Morgan fingerprint density at radius 2 is 1.76 bits per heavy atom. The van der Waals surface area contributed by atoms with E-state index in [-0.39, 0.29) is 11.9 Å². The topological polar surface area (TPSA) is 38.0 Å². The van der Waals surface area contributed by atoms with Crippen LogP contribution in [0.5, 0.6) is 0 Å². The van der Waals surface area contributed by atoms with Gasteiger partial charge in [0.05, 0.1) is 0 Å². The number of halogens is 2. The SMILES string of the molecule is CCc1ccc(CC(Cc2c(F)cccc2Cl)NN)cc1. The summed E-state index contributed by atoms with van der Waals surface area (Å²) in [5, 5.41) is 0.441. The number of hydrogen-bond acceptors (Lipinski definition) is 2. The molecule has 0 aliphatic heterocycles. The minimum Gasteiger partial charge on any atom is -0.271 e. The minimum absolute atomic E-state index is 0.0631. The van der Waals surface area contributed by atoms with Crippen molar-refractivity contribution >= 4 is 11.6 Å². The third kappa shape index (κ3) is 4.27. The van der Waals surface area contributed by atoms with Crippen LogP contribution in [-0.4, -0.2) is 6.04 Å². The largest absolute Gasteiger partial charge is 0.271 e. The minimum atomic E-state index is -0.288. The highest BCUT2D eigenvalue weighted by Gasteiger charge is 2.14. The normalized spacial score (nSPS) is 12.4. The molecule has 2 nitrogen and oxygen atoms in total. The molecule has 0 amide bonds. The van der Waals surface area contributed by atoms with Gasteiger partial charge in [-0.3, -0.25) is 11.3 Å². The maximum Gasteiger partial charge on any atom is 0.127 e. The molecule has 0 aliphatic rings. The summed E-state index contributed by atoms with van der Waals surface area (Å²) in [6, 6.07) is 13.1. The van der Waals surface area contributed by atoms with E-state index in [0.29, 0.717) is 17.0 Å². The summed E-state index contributed by atoms with van der Waals surface area (Å²) in [4.78, 5) is 0. The standard InChI is InChI=1S/C17H20ClFN2/c1-2-12-6-8-13(9-7-12)10-14(21-20)11-15-16(18)4-3-5-17(15)19/h3-9,14,21H,2,10-11,20H2,1H3. The lowest BCUT2D eigenvalue weighted by Gasteiger charge is -2.17. The molecule has 0 aliphatic carbocycles. The van der Waals surface area contributed by atoms with Gasteiger partial charge in [-0.1, -0.05) is 48.9 Å². The summed E-state index contributed by atoms with van der Waals surface area (Å²) >= 11 is 6.06. The molecule has 0 fully saturated rings. The third-order valence-electron chi connectivity index (χ3n) is 3.66. The molecule has 4 heteroatoms. The van der Waals surface area contributed by atoms with Crippen LogP contribution in [0, 0.1) is 5.82 Å². The fourth-order valence-corrected chi connectivity index (χ4v) is 2.60. The van der Waals surface area contributed by atoms with Crippen LogP contribution in [0.3, 0.4) is 0 Å². The first-order valence-corrected chi connectivity index (χ1v) is 7.48. The first-order chi connectivity index (χ1) is 10.1. The molecule has 2 aromatic carbocycles. The van der Waals surface area contributed by atoms with Crippen LogP contribution in [0.1, 0.15) is 23.6 Å². The zero-order valence-corrected chi connectivity index (χ0v) is 12.8. The predicted octanol–water partition coefficient (Wildman–Crippen LogP) is 3.66. The quantitative estimate of drug-likeness (QED) is 0.631. The van der Waals surface area contributed by atoms with Crippen molar-refractivity contribution in [2.45, 2.75) is 32.2 Å². The molecule has 1 atom stereocenters. The highest BCUT2D eigenvalue weighted by atomic mass is 35.5. The summed E-state index contributed by atoms with van der Waals surface area (Å²) in [5.41, 5.74) is 5.73. The van der Waals surface area contributed by atoms with E-state index >= 15 is 0 Å². The van der Waals surface area contributed by atoms with E-state index in [2.05, 4.69) is 36.6 Å². The van der Waals surface area contributed by atoms with Gasteiger partial charge in [0, 0.05) is 16.6 Å². The summed E-state index contributed by atoms with van der Waals surface area (Å²) in [6.45, 7) is 2.12. The van der Waals surface area contributed by atoms with E-state index in [1.165, 1.54) is 17.2 Å². The molecule has 1 unspecified atom stereocenters. The molecular weight excluding hydrogens is 287 g/mol. The van der Waals surface area contributed by atoms with E-state index in [9.17, 15) is 4.39 Å². The monoisotopic (exact) mass is 306 g/mol. The molecule has 112 valence electrons. The zero-order chi connectivity index (χ0) is 15.2. The number of benzene rings is 2. The molecule has 0 aromatic heterocycles. The van der Waals surface area contributed by atoms with Gasteiger partial charge in [-0.2, -0.15) is 0 Å². The summed E-state index contributed by atoms with van der Waals surface area (Å²) in [5.74, 6) is 5.32. The highest BCUT2D eigenvalue weighted by Crippen LogP contribution is 2.21. The Morgan fingerprint density at radius 3 is 2.33 bits per heavy atom. The second-order valence-corrected chi connectivity index (χ2v) is 5.55. The maximum absolute atomic E-state index is 13.8. The molecule has 0 spiro atoms. The fraction of sp³-hybridized carbons (Fsp3) is 0.294. The van der Waals surface area contributed by atoms with E-state index in [4.69, 9.17) is 17.4 Å². The van der Waals surface area contributed by atoms with Crippen LogP contribution in [0.2, 0.25) is 5.02 Å². The number of aryl methyl sites for hydroxylation is 1. The fourth-order valence-electron chi connectivity index (χ4n) is 2.36. The van der Waals surface area contributed by atoms with Crippen LogP contribution < -0.4 is 11.3 Å². The Labute approximate surface area is 130 Å². The molecule has 0 saturated carbocycles. The van der Waals surface area contributed by atoms with Crippen LogP contribution >= 0.6 is 11.6 Å². The molecule has 0 saturated heterocycles. The summed E-state index contributed by atoms with van der Waals surface area (Å²) in [6.07, 6.45) is 2.20. The smallest absolute Gasteiger partial charge is 0.127 e. The van der Waals surface area contributed by atoms with Crippen molar-refractivity contribution in [2.75, 3.05) is 0 Å². The van der Waals surface area contributed by atoms with E-state index in [0.717, 1.165) is 12.8 Å². The Morgan fingerprint density at radius 1 is 1.10 bits per heavy atom. The zero-order valence-electron chi connectivity index (χ0n) is 12.1.